The van der Waals surface area contributed by atoms with Gasteiger partial charge in [-0.1, -0.05) is 27.5 Å². The average Bonchev–Trinajstić information content (AvgIpc) is 2.92. The van der Waals surface area contributed by atoms with Gasteiger partial charge in [0.2, 0.25) is 5.91 Å². The molecule has 2 rings (SSSR count). The minimum absolute atomic E-state index is 0.0780. The Hall–Kier alpha value is -0.540. The van der Waals surface area contributed by atoms with Gasteiger partial charge in [-0.3, -0.25) is 4.79 Å². The SMILES string of the molecule is O=C(Nc1ccc(Br)cc1Cl)C1CC1. The van der Waals surface area contributed by atoms with Crippen molar-refractivity contribution in [1.82, 2.24) is 0 Å². The highest BCUT2D eigenvalue weighted by molar-refractivity contribution is 9.10. The predicted molar refractivity (Wildman–Crippen MR) is 60.5 cm³/mol. The van der Waals surface area contributed by atoms with Gasteiger partial charge in [-0.15, -0.1) is 0 Å². The van der Waals surface area contributed by atoms with Gasteiger partial charge in [0.25, 0.3) is 0 Å². The molecule has 0 atom stereocenters. The van der Waals surface area contributed by atoms with Crippen LogP contribution in [-0.2, 0) is 4.79 Å². The standard InChI is InChI=1S/C10H9BrClNO/c11-7-3-4-9(8(12)5-7)13-10(14)6-1-2-6/h3-6H,1-2H2,(H,13,14). The zero-order valence-corrected chi connectivity index (χ0v) is 9.73. The molecule has 1 aromatic rings. The molecule has 0 unspecified atom stereocenters. The van der Waals surface area contributed by atoms with E-state index in [0.29, 0.717) is 10.7 Å². The van der Waals surface area contributed by atoms with E-state index in [0.717, 1.165) is 17.3 Å². The van der Waals surface area contributed by atoms with Crippen LogP contribution >= 0.6 is 27.5 Å². The Morgan fingerprint density at radius 3 is 2.79 bits per heavy atom. The van der Waals surface area contributed by atoms with Gasteiger partial charge in [0.05, 0.1) is 10.7 Å². The summed E-state index contributed by atoms with van der Waals surface area (Å²) >= 11 is 9.26. The predicted octanol–water partition coefficient (Wildman–Crippen LogP) is 3.45. The highest BCUT2D eigenvalue weighted by Crippen LogP contribution is 2.32. The number of halogens is 2. The highest BCUT2D eigenvalue weighted by atomic mass is 79.9. The molecule has 14 heavy (non-hydrogen) atoms. The molecule has 0 heterocycles. The van der Waals surface area contributed by atoms with Crippen LogP contribution in [0.2, 0.25) is 5.02 Å². The van der Waals surface area contributed by atoms with Crippen molar-refractivity contribution < 1.29 is 4.79 Å². The number of anilines is 1. The Bertz CT molecular complexity index is 376. The third-order valence-corrected chi connectivity index (χ3v) is 2.94. The van der Waals surface area contributed by atoms with Crippen molar-refractivity contribution in [3.8, 4) is 0 Å². The summed E-state index contributed by atoms with van der Waals surface area (Å²) in [4.78, 5) is 11.4. The summed E-state index contributed by atoms with van der Waals surface area (Å²) in [6, 6.07) is 5.42. The molecule has 0 spiro atoms. The summed E-state index contributed by atoms with van der Waals surface area (Å²) in [5, 5.41) is 3.37. The van der Waals surface area contributed by atoms with Crippen molar-refractivity contribution in [3.05, 3.63) is 27.7 Å². The molecule has 1 saturated carbocycles. The second kappa shape index (κ2) is 3.91. The number of amides is 1. The average molecular weight is 275 g/mol. The number of hydrogen-bond donors (Lipinski definition) is 1. The van der Waals surface area contributed by atoms with Gasteiger partial charge in [-0.2, -0.15) is 0 Å². The molecule has 0 aromatic heterocycles. The molecule has 1 aliphatic rings. The third kappa shape index (κ3) is 2.28. The number of carbonyl (C=O) groups is 1. The third-order valence-electron chi connectivity index (χ3n) is 2.14. The van der Waals surface area contributed by atoms with Crippen molar-refractivity contribution >= 4 is 39.1 Å². The fraction of sp³-hybridized carbons (Fsp3) is 0.300. The Balaban J connectivity index is 2.11. The van der Waals surface area contributed by atoms with Crippen molar-refractivity contribution in [2.45, 2.75) is 12.8 Å². The first-order valence-electron chi connectivity index (χ1n) is 4.43. The van der Waals surface area contributed by atoms with E-state index in [1.165, 1.54) is 0 Å². The van der Waals surface area contributed by atoms with E-state index in [4.69, 9.17) is 11.6 Å². The van der Waals surface area contributed by atoms with Crippen molar-refractivity contribution in [1.29, 1.82) is 0 Å². The second-order valence-electron chi connectivity index (χ2n) is 3.39. The Morgan fingerprint density at radius 2 is 2.21 bits per heavy atom. The molecule has 1 fully saturated rings. The van der Waals surface area contributed by atoms with E-state index < -0.39 is 0 Å². The fourth-order valence-electron chi connectivity index (χ4n) is 1.17. The van der Waals surface area contributed by atoms with Gasteiger partial charge >= 0.3 is 0 Å². The molecular formula is C10H9BrClNO. The molecule has 1 amide bonds. The van der Waals surface area contributed by atoms with E-state index in [1.54, 1.807) is 12.1 Å². The van der Waals surface area contributed by atoms with E-state index in [2.05, 4.69) is 21.2 Å². The van der Waals surface area contributed by atoms with Gasteiger partial charge < -0.3 is 5.32 Å². The quantitative estimate of drug-likeness (QED) is 0.879. The van der Waals surface area contributed by atoms with Gasteiger partial charge in [0.1, 0.15) is 0 Å². The van der Waals surface area contributed by atoms with Crippen LogP contribution in [0.5, 0.6) is 0 Å². The molecule has 1 aromatic carbocycles. The maximum atomic E-state index is 11.4. The molecule has 74 valence electrons. The lowest BCUT2D eigenvalue weighted by Crippen LogP contribution is -2.13. The second-order valence-corrected chi connectivity index (χ2v) is 4.71. The number of benzene rings is 1. The number of carbonyl (C=O) groups excluding carboxylic acids is 1. The largest absolute Gasteiger partial charge is 0.325 e. The fourth-order valence-corrected chi connectivity index (χ4v) is 1.89. The van der Waals surface area contributed by atoms with Crippen LogP contribution in [0.4, 0.5) is 5.69 Å². The van der Waals surface area contributed by atoms with Crippen LogP contribution in [0, 0.1) is 5.92 Å². The highest BCUT2D eigenvalue weighted by Gasteiger charge is 2.29. The maximum Gasteiger partial charge on any atom is 0.227 e. The summed E-state index contributed by atoms with van der Waals surface area (Å²) in [5.74, 6) is 0.281. The van der Waals surface area contributed by atoms with E-state index in [1.807, 2.05) is 6.07 Å². The molecule has 0 aliphatic heterocycles. The van der Waals surface area contributed by atoms with Crippen molar-refractivity contribution in [2.75, 3.05) is 5.32 Å². The topological polar surface area (TPSA) is 29.1 Å². The van der Waals surface area contributed by atoms with Gasteiger partial charge in [-0.05, 0) is 31.0 Å². The first-order chi connectivity index (χ1) is 6.66. The van der Waals surface area contributed by atoms with Gasteiger partial charge in [0, 0.05) is 10.4 Å². The smallest absolute Gasteiger partial charge is 0.227 e. The van der Waals surface area contributed by atoms with Crippen LogP contribution < -0.4 is 5.32 Å². The van der Waals surface area contributed by atoms with E-state index >= 15 is 0 Å². The molecule has 0 radical (unpaired) electrons. The number of rotatable bonds is 2. The Kier molecular flexibility index (Phi) is 2.79. The maximum absolute atomic E-state index is 11.4. The molecule has 2 nitrogen and oxygen atoms in total. The summed E-state index contributed by atoms with van der Waals surface area (Å²) in [7, 11) is 0. The minimum Gasteiger partial charge on any atom is -0.325 e. The summed E-state index contributed by atoms with van der Waals surface area (Å²) in [5.41, 5.74) is 0.687. The van der Waals surface area contributed by atoms with Crippen LogP contribution in [0.15, 0.2) is 22.7 Å². The monoisotopic (exact) mass is 273 g/mol. The zero-order valence-electron chi connectivity index (χ0n) is 7.39. The zero-order chi connectivity index (χ0) is 10.1. The van der Waals surface area contributed by atoms with Crippen LogP contribution in [0.25, 0.3) is 0 Å². The lowest BCUT2D eigenvalue weighted by Gasteiger charge is -2.06. The Labute approximate surface area is 95.8 Å². The normalized spacial score (nSPS) is 15.3. The molecular weight excluding hydrogens is 265 g/mol. The van der Waals surface area contributed by atoms with Crippen molar-refractivity contribution in [2.24, 2.45) is 5.92 Å². The molecule has 1 aliphatic carbocycles. The van der Waals surface area contributed by atoms with Crippen LogP contribution in [0.1, 0.15) is 12.8 Å². The number of nitrogens with one attached hydrogen (secondary N) is 1. The molecule has 1 N–H and O–H groups in total. The summed E-state index contributed by atoms with van der Waals surface area (Å²) in [6.07, 6.45) is 2.00. The van der Waals surface area contributed by atoms with Gasteiger partial charge in [0.15, 0.2) is 0 Å². The minimum atomic E-state index is 0.0780. The Morgan fingerprint density at radius 1 is 1.50 bits per heavy atom. The van der Waals surface area contributed by atoms with E-state index in [-0.39, 0.29) is 11.8 Å². The first kappa shape index (κ1) is 9.99. The van der Waals surface area contributed by atoms with Crippen LogP contribution in [0.3, 0.4) is 0 Å². The molecule has 0 saturated heterocycles. The number of hydrogen-bond acceptors (Lipinski definition) is 1. The van der Waals surface area contributed by atoms with Gasteiger partial charge in [-0.25, -0.2) is 0 Å². The first-order valence-corrected chi connectivity index (χ1v) is 5.60. The van der Waals surface area contributed by atoms with Crippen molar-refractivity contribution in [3.63, 3.8) is 0 Å². The lowest BCUT2D eigenvalue weighted by molar-refractivity contribution is -0.117. The summed E-state index contributed by atoms with van der Waals surface area (Å²) in [6.45, 7) is 0. The lowest BCUT2D eigenvalue weighted by atomic mass is 10.3. The summed E-state index contributed by atoms with van der Waals surface area (Å²) < 4.78 is 0.909. The molecule has 0 bridgehead atoms. The molecule has 4 heteroatoms. The van der Waals surface area contributed by atoms with E-state index in [9.17, 15) is 4.79 Å². The van der Waals surface area contributed by atoms with Crippen LogP contribution in [-0.4, -0.2) is 5.91 Å².